The number of nitrogens with one attached hydrogen (secondary N) is 1. The molecule has 0 aliphatic rings. The van der Waals surface area contributed by atoms with Gasteiger partial charge in [-0.3, -0.25) is 13.9 Å². The van der Waals surface area contributed by atoms with Crippen LogP contribution in [0.3, 0.4) is 0 Å². The number of aryl methyl sites for hydroxylation is 1. The molecule has 3 aromatic carbocycles. The first-order valence-electron chi connectivity index (χ1n) is 12.0. The second-order valence-electron chi connectivity index (χ2n) is 8.70. The molecule has 1 atom stereocenters. The van der Waals surface area contributed by atoms with Crippen LogP contribution >= 0.6 is 11.6 Å². The predicted molar refractivity (Wildman–Crippen MR) is 147 cm³/mol. The SMILES string of the molecule is CCC(C(=O)NC)N(Cc1ccccc1Cl)C(=O)CN(c1cccc(C)c1C)S(=O)(=O)c1ccccc1. The monoisotopic (exact) mass is 541 g/mol. The van der Waals surface area contributed by atoms with Gasteiger partial charge in [-0.05, 0) is 61.2 Å². The van der Waals surface area contributed by atoms with Gasteiger partial charge >= 0.3 is 0 Å². The fourth-order valence-corrected chi connectivity index (χ4v) is 5.82. The number of hydrogen-bond acceptors (Lipinski definition) is 4. The lowest BCUT2D eigenvalue weighted by atomic mass is 10.1. The lowest BCUT2D eigenvalue weighted by molar-refractivity contribution is -0.140. The van der Waals surface area contributed by atoms with E-state index in [2.05, 4.69) is 5.32 Å². The molecule has 1 unspecified atom stereocenters. The van der Waals surface area contributed by atoms with E-state index in [1.807, 2.05) is 19.9 Å². The van der Waals surface area contributed by atoms with Gasteiger partial charge in [0.15, 0.2) is 0 Å². The fourth-order valence-electron chi connectivity index (χ4n) is 4.14. The van der Waals surface area contributed by atoms with Gasteiger partial charge in [0.1, 0.15) is 12.6 Å². The summed E-state index contributed by atoms with van der Waals surface area (Å²) in [7, 11) is -2.60. The van der Waals surface area contributed by atoms with Crippen molar-refractivity contribution in [3.63, 3.8) is 0 Å². The lowest BCUT2D eigenvalue weighted by Crippen LogP contribution is -2.51. The van der Waals surface area contributed by atoms with Crippen LogP contribution in [0, 0.1) is 13.8 Å². The minimum absolute atomic E-state index is 0.0520. The molecule has 0 aliphatic carbocycles. The summed E-state index contributed by atoms with van der Waals surface area (Å²) in [6.45, 7) is 5.08. The Balaban J connectivity index is 2.11. The van der Waals surface area contributed by atoms with Gasteiger partial charge in [0, 0.05) is 18.6 Å². The van der Waals surface area contributed by atoms with E-state index in [9.17, 15) is 18.0 Å². The first-order chi connectivity index (χ1) is 17.6. The zero-order valence-electron chi connectivity index (χ0n) is 21.4. The minimum atomic E-state index is -4.10. The van der Waals surface area contributed by atoms with Crippen LogP contribution in [-0.4, -0.2) is 44.8 Å². The Hall–Kier alpha value is -3.36. The smallest absolute Gasteiger partial charge is 0.264 e. The zero-order chi connectivity index (χ0) is 27.2. The number of carbonyl (C=O) groups excluding carboxylic acids is 2. The summed E-state index contributed by atoms with van der Waals surface area (Å²) < 4.78 is 28.8. The average Bonchev–Trinajstić information content (AvgIpc) is 2.90. The van der Waals surface area contributed by atoms with Crippen LogP contribution in [0.5, 0.6) is 0 Å². The lowest BCUT2D eigenvalue weighted by Gasteiger charge is -2.33. The van der Waals surface area contributed by atoms with Crippen LogP contribution in [0.4, 0.5) is 5.69 Å². The van der Waals surface area contributed by atoms with E-state index in [4.69, 9.17) is 11.6 Å². The van der Waals surface area contributed by atoms with Crippen molar-refractivity contribution < 1.29 is 18.0 Å². The van der Waals surface area contributed by atoms with E-state index < -0.39 is 28.5 Å². The topological polar surface area (TPSA) is 86.8 Å². The van der Waals surface area contributed by atoms with Crippen molar-refractivity contribution in [2.75, 3.05) is 17.9 Å². The maximum Gasteiger partial charge on any atom is 0.264 e. The van der Waals surface area contributed by atoms with Gasteiger partial charge in [-0.25, -0.2) is 8.42 Å². The van der Waals surface area contributed by atoms with Crippen LogP contribution in [0.1, 0.15) is 30.0 Å². The molecular weight excluding hydrogens is 510 g/mol. The van der Waals surface area contributed by atoms with Crippen molar-refractivity contribution in [3.05, 3.63) is 94.5 Å². The number of amides is 2. The van der Waals surface area contributed by atoms with Gasteiger partial charge in [0.25, 0.3) is 10.0 Å². The van der Waals surface area contributed by atoms with E-state index in [-0.39, 0.29) is 17.3 Å². The molecule has 0 spiro atoms. The zero-order valence-corrected chi connectivity index (χ0v) is 23.0. The largest absolute Gasteiger partial charge is 0.357 e. The number of benzene rings is 3. The molecule has 1 N–H and O–H groups in total. The molecule has 3 rings (SSSR count). The average molecular weight is 542 g/mol. The second kappa shape index (κ2) is 12.3. The summed E-state index contributed by atoms with van der Waals surface area (Å²) in [4.78, 5) is 28.2. The normalized spacial score (nSPS) is 12.0. The Morgan fingerprint density at radius 3 is 2.22 bits per heavy atom. The molecule has 7 nitrogen and oxygen atoms in total. The van der Waals surface area contributed by atoms with Crippen LogP contribution in [0.25, 0.3) is 0 Å². The summed E-state index contributed by atoms with van der Waals surface area (Å²) in [5.74, 6) is -0.858. The molecule has 0 aromatic heterocycles. The van der Waals surface area contributed by atoms with E-state index in [1.165, 1.54) is 24.1 Å². The van der Waals surface area contributed by atoms with E-state index in [0.717, 1.165) is 15.4 Å². The van der Waals surface area contributed by atoms with Crippen molar-refractivity contribution in [3.8, 4) is 0 Å². The Labute approximate surface area is 224 Å². The van der Waals surface area contributed by atoms with Crippen LogP contribution in [0.15, 0.2) is 77.7 Å². The maximum atomic E-state index is 13.9. The minimum Gasteiger partial charge on any atom is -0.357 e. The van der Waals surface area contributed by atoms with Crippen LogP contribution < -0.4 is 9.62 Å². The second-order valence-corrected chi connectivity index (χ2v) is 11.0. The van der Waals surface area contributed by atoms with Crippen molar-refractivity contribution in [2.24, 2.45) is 0 Å². The van der Waals surface area contributed by atoms with E-state index in [1.54, 1.807) is 61.5 Å². The van der Waals surface area contributed by atoms with Crippen LogP contribution in [0.2, 0.25) is 5.02 Å². The summed E-state index contributed by atoms with van der Waals surface area (Å²) in [6.07, 6.45) is 0.338. The summed E-state index contributed by atoms with van der Waals surface area (Å²) in [5.41, 5.74) is 2.70. The molecule has 0 aliphatic heterocycles. The number of carbonyl (C=O) groups is 2. The third-order valence-corrected chi connectivity index (χ3v) is 8.53. The van der Waals surface area contributed by atoms with E-state index in [0.29, 0.717) is 22.7 Å². The molecule has 2 amide bonds. The number of halogens is 1. The number of sulfonamides is 1. The van der Waals surface area contributed by atoms with Crippen LogP contribution in [-0.2, 0) is 26.2 Å². The highest BCUT2D eigenvalue weighted by Gasteiger charge is 2.34. The van der Waals surface area contributed by atoms with Crippen molar-refractivity contribution >= 4 is 39.1 Å². The molecule has 0 saturated carbocycles. The highest BCUT2D eigenvalue weighted by Crippen LogP contribution is 2.29. The molecule has 3 aromatic rings. The third-order valence-electron chi connectivity index (χ3n) is 6.39. The van der Waals surface area contributed by atoms with Gasteiger partial charge in [-0.1, -0.05) is 67.1 Å². The van der Waals surface area contributed by atoms with Crippen molar-refractivity contribution in [1.29, 1.82) is 0 Å². The molecule has 9 heteroatoms. The Kier molecular flexibility index (Phi) is 9.34. The number of hydrogen-bond donors (Lipinski definition) is 1. The quantitative estimate of drug-likeness (QED) is 0.403. The summed E-state index contributed by atoms with van der Waals surface area (Å²) in [6, 6.07) is 19.6. The van der Waals surface area contributed by atoms with Gasteiger partial charge < -0.3 is 10.2 Å². The molecule has 37 heavy (non-hydrogen) atoms. The molecule has 0 heterocycles. The van der Waals surface area contributed by atoms with Crippen molar-refractivity contribution in [1.82, 2.24) is 10.2 Å². The Bertz CT molecular complexity index is 1360. The summed E-state index contributed by atoms with van der Waals surface area (Å²) >= 11 is 6.38. The van der Waals surface area contributed by atoms with Gasteiger partial charge in [0.2, 0.25) is 11.8 Å². The summed E-state index contributed by atoms with van der Waals surface area (Å²) in [5, 5.41) is 3.07. The molecule has 0 saturated heterocycles. The molecule has 0 radical (unpaired) electrons. The first-order valence-corrected chi connectivity index (χ1v) is 13.8. The highest BCUT2D eigenvalue weighted by molar-refractivity contribution is 7.92. The standard InChI is InChI=1S/C28H32ClN3O4S/c1-5-25(28(34)30-4)31(18-22-13-9-10-16-24(22)29)27(33)19-32(26-17-11-12-20(2)21(26)3)37(35,36)23-14-7-6-8-15-23/h6-17,25H,5,18-19H2,1-4H3,(H,30,34). The van der Waals surface area contributed by atoms with Gasteiger partial charge in [-0.2, -0.15) is 0 Å². The maximum absolute atomic E-state index is 13.9. The van der Waals surface area contributed by atoms with Gasteiger partial charge in [0.05, 0.1) is 10.6 Å². The van der Waals surface area contributed by atoms with E-state index >= 15 is 0 Å². The first kappa shape index (κ1) is 28.2. The molecular formula is C28H32ClN3O4S. The van der Waals surface area contributed by atoms with Gasteiger partial charge in [-0.15, -0.1) is 0 Å². The predicted octanol–water partition coefficient (Wildman–Crippen LogP) is 4.71. The number of anilines is 1. The van der Waals surface area contributed by atoms with Crippen molar-refractivity contribution in [2.45, 2.75) is 44.7 Å². The number of rotatable bonds is 10. The number of likely N-dealkylation sites (N-methyl/N-ethyl adjacent to an activating group) is 1. The highest BCUT2D eigenvalue weighted by atomic mass is 35.5. The Morgan fingerprint density at radius 1 is 0.946 bits per heavy atom. The molecule has 196 valence electrons. The number of nitrogens with zero attached hydrogens (tertiary/aromatic N) is 2. The Morgan fingerprint density at radius 2 is 1.59 bits per heavy atom. The molecule has 0 fully saturated rings. The third kappa shape index (κ3) is 6.32. The molecule has 0 bridgehead atoms. The fraction of sp³-hybridized carbons (Fsp3) is 0.286.